The quantitative estimate of drug-likeness (QED) is 0.454. The molecule has 0 saturated heterocycles. The molecule has 0 radical (unpaired) electrons. The highest BCUT2D eigenvalue weighted by Gasteiger charge is 2.45. The van der Waals surface area contributed by atoms with Gasteiger partial charge in [0, 0.05) is 26.2 Å². The van der Waals surface area contributed by atoms with E-state index in [-0.39, 0.29) is 0 Å². The van der Waals surface area contributed by atoms with Crippen molar-refractivity contribution in [3.63, 3.8) is 0 Å². The fourth-order valence-corrected chi connectivity index (χ4v) is 2.22. The highest BCUT2D eigenvalue weighted by molar-refractivity contribution is 7.81. The first-order chi connectivity index (χ1) is 9.84. The van der Waals surface area contributed by atoms with Crippen molar-refractivity contribution in [2.75, 3.05) is 14.1 Å². The third-order valence-corrected chi connectivity index (χ3v) is 3.79. The van der Waals surface area contributed by atoms with Gasteiger partial charge in [0.05, 0.1) is 5.69 Å². The fraction of sp³-hybridized carbons (Fsp3) is 0.333. The number of allylic oxidation sites excluding steroid dienone is 1. The van der Waals surface area contributed by atoms with Crippen LogP contribution in [0.1, 0.15) is 6.42 Å². The summed E-state index contributed by atoms with van der Waals surface area (Å²) in [7, 11) is 3.90. The first kappa shape index (κ1) is 15.8. The van der Waals surface area contributed by atoms with E-state index < -0.39 is 10.6 Å². The zero-order valence-corrected chi connectivity index (χ0v) is 13.0. The molecule has 1 aliphatic rings. The molecule has 0 spiro atoms. The van der Waals surface area contributed by atoms with Crippen LogP contribution in [0.3, 0.4) is 0 Å². The highest BCUT2D eigenvalue weighted by atomic mass is 32.1. The van der Waals surface area contributed by atoms with Crippen molar-refractivity contribution in [3.8, 4) is 0 Å². The summed E-state index contributed by atoms with van der Waals surface area (Å²) >= 11 is 4.10. The second-order valence-electron chi connectivity index (χ2n) is 5.25. The third kappa shape index (κ3) is 3.53. The van der Waals surface area contributed by atoms with Crippen molar-refractivity contribution in [3.05, 3.63) is 54.3 Å². The Labute approximate surface area is 130 Å². The lowest BCUT2D eigenvalue weighted by atomic mass is 9.89. The number of nitrogens with two attached hydrogens (primary N) is 1. The first-order valence-electron chi connectivity index (χ1n) is 6.62. The Morgan fingerprint density at radius 2 is 2.00 bits per heavy atom. The van der Waals surface area contributed by atoms with Gasteiger partial charge in [0.15, 0.2) is 10.6 Å². The molecule has 0 aliphatic heterocycles. The van der Waals surface area contributed by atoms with Crippen LogP contribution in [0.15, 0.2) is 64.5 Å². The molecule has 0 fully saturated rings. The molecule has 1 aliphatic carbocycles. The Morgan fingerprint density at radius 3 is 2.48 bits per heavy atom. The topological polar surface area (TPSA) is 74.2 Å². The second-order valence-corrected chi connectivity index (χ2v) is 5.93. The van der Waals surface area contributed by atoms with Gasteiger partial charge in [-0.2, -0.15) is 10.2 Å². The Morgan fingerprint density at radius 1 is 1.33 bits per heavy atom. The lowest BCUT2D eigenvalue weighted by Crippen LogP contribution is -2.54. The van der Waals surface area contributed by atoms with Crippen LogP contribution < -0.4 is 5.73 Å². The van der Waals surface area contributed by atoms with E-state index in [9.17, 15) is 5.11 Å². The second kappa shape index (κ2) is 6.01. The normalized spacial score (nSPS) is 24.7. The molecule has 0 bridgehead atoms. The lowest BCUT2D eigenvalue weighted by Gasteiger charge is -2.37. The van der Waals surface area contributed by atoms with Gasteiger partial charge in [-0.3, -0.25) is 5.73 Å². The van der Waals surface area contributed by atoms with E-state index in [1.54, 1.807) is 6.08 Å². The molecule has 5 nitrogen and oxygen atoms in total. The number of hydrogen-bond donors (Lipinski definition) is 3. The van der Waals surface area contributed by atoms with Crippen LogP contribution in [0.2, 0.25) is 0 Å². The molecule has 2 atom stereocenters. The number of rotatable bonds is 4. The predicted octanol–water partition coefficient (Wildman–Crippen LogP) is 2.45. The largest absolute Gasteiger partial charge is 0.378 e. The molecule has 2 rings (SSSR count). The molecule has 1 aromatic rings. The van der Waals surface area contributed by atoms with Crippen LogP contribution in [-0.4, -0.2) is 34.7 Å². The van der Waals surface area contributed by atoms with Crippen molar-refractivity contribution < 1.29 is 5.11 Å². The van der Waals surface area contributed by atoms with E-state index in [1.807, 2.05) is 61.5 Å². The van der Waals surface area contributed by atoms with Crippen molar-refractivity contribution in [2.45, 2.75) is 17.0 Å². The molecule has 0 heterocycles. The minimum absolute atomic E-state index is 0.420. The zero-order chi connectivity index (χ0) is 15.5. The van der Waals surface area contributed by atoms with E-state index in [0.717, 1.165) is 5.70 Å². The third-order valence-electron chi connectivity index (χ3n) is 3.41. The molecule has 112 valence electrons. The summed E-state index contributed by atoms with van der Waals surface area (Å²) < 4.78 is 0. The molecule has 0 unspecified atom stereocenters. The molecular weight excluding hydrogens is 284 g/mol. The molecule has 6 heteroatoms. The van der Waals surface area contributed by atoms with E-state index in [4.69, 9.17) is 5.73 Å². The van der Waals surface area contributed by atoms with Crippen LogP contribution >= 0.6 is 12.6 Å². The van der Waals surface area contributed by atoms with Gasteiger partial charge in [-0.05, 0) is 24.3 Å². The van der Waals surface area contributed by atoms with E-state index in [1.165, 1.54) is 0 Å². The summed E-state index contributed by atoms with van der Waals surface area (Å²) in [6.45, 7) is 0. The first-order valence-corrected chi connectivity index (χ1v) is 7.07. The molecule has 0 saturated carbocycles. The van der Waals surface area contributed by atoms with Crippen LogP contribution in [-0.2, 0) is 0 Å². The monoisotopic (exact) mass is 304 g/mol. The van der Waals surface area contributed by atoms with Gasteiger partial charge in [-0.25, -0.2) is 0 Å². The minimum atomic E-state index is -1.80. The summed E-state index contributed by atoms with van der Waals surface area (Å²) in [6.07, 6.45) is 5.99. The van der Waals surface area contributed by atoms with Crippen LogP contribution in [0, 0.1) is 0 Å². The van der Waals surface area contributed by atoms with Gasteiger partial charge in [0.1, 0.15) is 0 Å². The average molecular weight is 304 g/mol. The van der Waals surface area contributed by atoms with Crippen molar-refractivity contribution in [1.29, 1.82) is 0 Å². The summed E-state index contributed by atoms with van der Waals surface area (Å²) in [5.74, 6) is 0. The number of benzene rings is 1. The number of thiol groups is 1. The van der Waals surface area contributed by atoms with E-state index in [0.29, 0.717) is 12.1 Å². The SMILES string of the molecule is CN(C)C1=CC[C@](N=Nc2ccccc2)([C@](N)(O)S)C=C1. The maximum absolute atomic E-state index is 10.2. The molecule has 3 N–H and O–H groups in total. The Hall–Kier alpha value is -1.63. The number of azo groups is 1. The summed E-state index contributed by atoms with van der Waals surface area (Å²) in [5.41, 5.74) is 6.44. The average Bonchev–Trinajstić information content (AvgIpc) is 2.45. The predicted molar refractivity (Wildman–Crippen MR) is 87.3 cm³/mol. The van der Waals surface area contributed by atoms with Crippen LogP contribution in [0.4, 0.5) is 5.69 Å². The number of aliphatic hydroxyl groups is 1. The standard InChI is InChI=1S/C15H20N4OS/c1-19(2)13-8-10-14(11-9-13,15(16,20)21)18-17-12-6-4-3-5-7-12/h3-10,20-21H,11,16H2,1-2H3/t14-,15-/m0/s1. The van der Waals surface area contributed by atoms with Gasteiger partial charge in [-0.1, -0.05) is 24.3 Å². The summed E-state index contributed by atoms with van der Waals surface area (Å²) in [4.78, 5) is 1.98. The van der Waals surface area contributed by atoms with Crippen molar-refractivity contribution >= 4 is 18.3 Å². The van der Waals surface area contributed by atoms with Crippen molar-refractivity contribution in [1.82, 2.24) is 4.90 Å². The Bertz CT molecular complexity index is 575. The maximum atomic E-state index is 10.2. The summed E-state index contributed by atoms with van der Waals surface area (Å²) in [6, 6.07) is 9.31. The number of hydrogen-bond acceptors (Lipinski definition) is 6. The van der Waals surface area contributed by atoms with Crippen LogP contribution in [0.5, 0.6) is 0 Å². The van der Waals surface area contributed by atoms with Gasteiger partial charge in [0.2, 0.25) is 0 Å². The number of nitrogens with zero attached hydrogens (tertiary/aromatic N) is 3. The summed E-state index contributed by atoms with van der Waals surface area (Å²) in [5, 5.41) is 16.8. The Kier molecular flexibility index (Phi) is 4.51. The lowest BCUT2D eigenvalue weighted by molar-refractivity contribution is 0.0799. The zero-order valence-electron chi connectivity index (χ0n) is 12.1. The van der Waals surface area contributed by atoms with Crippen LogP contribution in [0.25, 0.3) is 0 Å². The van der Waals surface area contributed by atoms with E-state index >= 15 is 0 Å². The van der Waals surface area contributed by atoms with Gasteiger partial charge in [0.25, 0.3) is 0 Å². The van der Waals surface area contributed by atoms with Gasteiger partial charge in [-0.15, -0.1) is 12.6 Å². The molecule has 0 aromatic heterocycles. The van der Waals surface area contributed by atoms with Crippen molar-refractivity contribution in [2.24, 2.45) is 16.0 Å². The molecule has 1 aromatic carbocycles. The number of likely N-dealkylation sites (N-methyl/N-ethyl adjacent to an activating group) is 1. The minimum Gasteiger partial charge on any atom is -0.378 e. The highest BCUT2D eigenvalue weighted by Crippen LogP contribution is 2.36. The molecule has 0 amide bonds. The Balaban J connectivity index is 2.30. The molecular formula is C15H20N4OS. The maximum Gasteiger partial charge on any atom is 0.190 e. The fourth-order valence-electron chi connectivity index (χ4n) is 2.01. The smallest absolute Gasteiger partial charge is 0.190 e. The van der Waals surface area contributed by atoms with Gasteiger partial charge >= 0.3 is 0 Å². The van der Waals surface area contributed by atoms with Gasteiger partial charge < -0.3 is 10.0 Å². The molecule has 21 heavy (non-hydrogen) atoms. The van der Waals surface area contributed by atoms with E-state index in [2.05, 4.69) is 22.9 Å².